The molecule has 5 heteroatoms. The van der Waals surface area contributed by atoms with Crippen molar-refractivity contribution in [1.82, 2.24) is 0 Å². The van der Waals surface area contributed by atoms with Crippen LogP contribution < -0.4 is 14.8 Å². The van der Waals surface area contributed by atoms with E-state index in [0.717, 1.165) is 38.9 Å². The van der Waals surface area contributed by atoms with Crippen molar-refractivity contribution >= 4 is 35.0 Å². The number of anilines is 2. The zero-order chi connectivity index (χ0) is 23.3. The van der Waals surface area contributed by atoms with E-state index in [0.29, 0.717) is 12.2 Å². The highest BCUT2D eigenvalue weighted by molar-refractivity contribution is 7.99. The number of benzene rings is 4. The summed E-state index contributed by atoms with van der Waals surface area (Å²) in [5, 5.41) is 3.43. The first-order chi connectivity index (χ1) is 16.7. The van der Waals surface area contributed by atoms with Gasteiger partial charge in [0, 0.05) is 20.9 Å². The molecule has 0 bridgehead atoms. The van der Waals surface area contributed by atoms with Crippen LogP contribution in [0.25, 0.3) is 6.08 Å². The molecule has 4 aromatic carbocycles. The van der Waals surface area contributed by atoms with Crippen LogP contribution in [0.2, 0.25) is 0 Å². The lowest BCUT2D eigenvalue weighted by molar-refractivity contribution is 0.104. The molecule has 1 N–H and O–H groups in total. The van der Waals surface area contributed by atoms with Crippen molar-refractivity contribution in [2.75, 3.05) is 12.4 Å². The summed E-state index contributed by atoms with van der Waals surface area (Å²) in [6.45, 7) is 0.373. The number of ketones is 1. The molecule has 0 unspecified atom stereocenters. The van der Waals surface area contributed by atoms with Crippen LogP contribution in [0.3, 0.4) is 0 Å². The highest BCUT2D eigenvalue weighted by Gasteiger charge is 2.16. The van der Waals surface area contributed by atoms with Gasteiger partial charge in [-0.2, -0.15) is 0 Å². The highest BCUT2D eigenvalue weighted by atomic mass is 32.2. The van der Waals surface area contributed by atoms with Crippen LogP contribution in [-0.4, -0.2) is 12.9 Å². The lowest BCUT2D eigenvalue weighted by atomic mass is 10.1. The van der Waals surface area contributed by atoms with Crippen LogP contribution in [0.15, 0.2) is 107 Å². The Hall–Kier alpha value is -3.96. The lowest BCUT2D eigenvalue weighted by Crippen LogP contribution is -2.02. The Bertz CT molecular complexity index is 1370. The highest BCUT2D eigenvalue weighted by Crippen LogP contribution is 2.44. The number of methoxy groups -OCH3 is 1. The quantitative estimate of drug-likeness (QED) is 0.201. The Kier molecular flexibility index (Phi) is 6.36. The maximum Gasteiger partial charge on any atom is 0.185 e. The fourth-order valence-corrected chi connectivity index (χ4v) is 4.72. The number of ether oxygens (including phenoxy) is 2. The number of allylic oxidation sites excluding steroid dienone is 1. The van der Waals surface area contributed by atoms with E-state index in [9.17, 15) is 4.79 Å². The molecule has 168 valence electrons. The second-order valence-electron chi connectivity index (χ2n) is 7.80. The molecular weight excluding hydrogens is 442 g/mol. The van der Waals surface area contributed by atoms with Crippen molar-refractivity contribution in [3.8, 4) is 11.5 Å². The third kappa shape index (κ3) is 4.85. The minimum atomic E-state index is -0.0497. The van der Waals surface area contributed by atoms with E-state index in [1.165, 1.54) is 4.90 Å². The largest absolute Gasteiger partial charge is 0.496 e. The topological polar surface area (TPSA) is 47.6 Å². The number of carbonyl (C=O) groups is 1. The summed E-state index contributed by atoms with van der Waals surface area (Å²) in [6, 6.07) is 29.4. The van der Waals surface area contributed by atoms with Gasteiger partial charge in [-0.05, 0) is 66.2 Å². The summed E-state index contributed by atoms with van der Waals surface area (Å²) >= 11 is 1.71. The smallest absolute Gasteiger partial charge is 0.185 e. The first kappa shape index (κ1) is 21.9. The van der Waals surface area contributed by atoms with E-state index in [1.54, 1.807) is 24.9 Å². The molecule has 34 heavy (non-hydrogen) atoms. The number of rotatable bonds is 7. The SMILES string of the molecule is COc1ccc(/C=C/C(=O)c2ccc3c(c2)Nc2ccccc2S3)cc1COc1ccccc1. The molecular formula is C29H23NO3S. The van der Waals surface area contributed by atoms with Crippen LogP contribution in [-0.2, 0) is 6.61 Å². The second kappa shape index (κ2) is 9.89. The van der Waals surface area contributed by atoms with E-state index < -0.39 is 0 Å². The molecule has 4 aromatic rings. The van der Waals surface area contributed by atoms with E-state index in [2.05, 4.69) is 11.4 Å². The molecule has 5 rings (SSSR count). The predicted octanol–water partition coefficient (Wildman–Crippen LogP) is 7.38. The van der Waals surface area contributed by atoms with Crippen LogP contribution in [0.4, 0.5) is 11.4 Å². The van der Waals surface area contributed by atoms with Crippen LogP contribution >= 0.6 is 11.8 Å². The molecule has 0 fully saturated rings. The molecule has 4 nitrogen and oxygen atoms in total. The van der Waals surface area contributed by atoms with Crippen LogP contribution in [0.1, 0.15) is 21.5 Å². The summed E-state index contributed by atoms with van der Waals surface area (Å²) < 4.78 is 11.4. The van der Waals surface area contributed by atoms with Crippen molar-refractivity contribution < 1.29 is 14.3 Å². The Morgan fingerprint density at radius 3 is 2.53 bits per heavy atom. The molecule has 0 aromatic heterocycles. The molecule has 0 saturated carbocycles. The summed E-state index contributed by atoms with van der Waals surface area (Å²) in [6.07, 6.45) is 3.43. The number of hydrogen-bond acceptors (Lipinski definition) is 5. The molecule has 1 heterocycles. The molecule has 0 saturated heterocycles. The van der Waals surface area contributed by atoms with Crippen molar-refractivity contribution in [3.05, 3.63) is 114 Å². The summed E-state index contributed by atoms with van der Waals surface area (Å²) in [5.41, 5.74) is 4.47. The van der Waals surface area contributed by atoms with Gasteiger partial charge in [0.05, 0.1) is 18.5 Å². The van der Waals surface area contributed by atoms with Crippen LogP contribution in [0.5, 0.6) is 11.5 Å². The Morgan fingerprint density at radius 2 is 1.68 bits per heavy atom. The normalized spacial score (nSPS) is 11.9. The van der Waals surface area contributed by atoms with Gasteiger partial charge in [-0.3, -0.25) is 4.79 Å². The van der Waals surface area contributed by atoms with Crippen LogP contribution in [0, 0.1) is 0 Å². The molecule has 0 radical (unpaired) electrons. The minimum Gasteiger partial charge on any atom is -0.496 e. The van der Waals surface area contributed by atoms with Gasteiger partial charge in [-0.25, -0.2) is 0 Å². The van der Waals surface area contributed by atoms with E-state index in [-0.39, 0.29) is 5.78 Å². The van der Waals surface area contributed by atoms with Crippen molar-refractivity contribution in [2.45, 2.75) is 16.4 Å². The van der Waals surface area contributed by atoms with Gasteiger partial charge in [0.15, 0.2) is 5.78 Å². The summed E-state index contributed by atoms with van der Waals surface area (Å²) in [5.74, 6) is 1.49. The van der Waals surface area contributed by atoms with Crippen molar-refractivity contribution in [2.24, 2.45) is 0 Å². The summed E-state index contributed by atoms with van der Waals surface area (Å²) in [7, 11) is 1.64. The minimum absolute atomic E-state index is 0.0497. The molecule has 1 aliphatic rings. The number of nitrogens with one attached hydrogen (secondary N) is 1. The van der Waals surface area contributed by atoms with Gasteiger partial charge >= 0.3 is 0 Å². The van der Waals surface area contributed by atoms with Gasteiger partial charge in [0.25, 0.3) is 0 Å². The fourth-order valence-electron chi connectivity index (χ4n) is 3.75. The second-order valence-corrected chi connectivity index (χ2v) is 8.89. The van der Waals surface area contributed by atoms with Gasteiger partial charge in [0.2, 0.25) is 0 Å². The maximum atomic E-state index is 12.9. The zero-order valence-electron chi connectivity index (χ0n) is 18.7. The average Bonchev–Trinajstić information content (AvgIpc) is 2.89. The Labute approximate surface area is 203 Å². The predicted molar refractivity (Wildman–Crippen MR) is 137 cm³/mol. The maximum absolute atomic E-state index is 12.9. The van der Waals surface area contributed by atoms with Crippen molar-refractivity contribution in [1.29, 1.82) is 0 Å². The number of carbonyl (C=O) groups excluding carboxylic acids is 1. The Balaban J connectivity index is 1.31. The third-order valence-electron chi connectivity index (χ3n) is 5.51. The zero-order valence-corrected chi connectivity index (χ0v) is 19.5. The molecule has 0 aliphatic carbocycles. The molecule has 0 amide bonds. The van der Waals surface area contributed by atoms with E-state index in [1.807, 2.05) is 91.0 Å². The third-order valence-corrected chi connectivity index (χ3v) is 6.66. The van der Waals surface area contributed by atoms with Gasteiger partial charge in [0.1, 0.15) is 18.1 Å². The number of para-hydroxylation sites is 2. The van der Waals surface area contributed by atoms with Gasteiger partial charge < -0.3 is 14.8 Å². The van der Waals surface area contributed by atoms with Gasteiger partial charge in [-0.1, -0.05) is 54.2 Å². The summed E-state index contributed by atoms with van der Waals surface area (Å²) in [4.78, 5) is 15.2. The monoisotopic (exact) mass is 465 g/mol. The lowest BCUT2D eigenvalue weighted by Gasteiger charge is -2.20. The fraction of sp³-hybridized carbons (Fsp3) is 0.0690. The van der Waals surface area contributed by atoms with Crippen molar-refractivity contribution in [3.63, 3.8) is 0 Å². The molecule has 0 spiro atoms. The van der Waals surface area contributed by atoms with E-state index in [4.69, 9.17) is 9.47 Å². The molecule has 0 atom stereocenters. The number of hydrogen-bond donors (Lipinski definition) is 1. The standard InChI is InChI=1S/C29H23NO3S/c1-32-27-15-12-20(17-22(27)19-33-23-7-3-2-4-8-23)11-14-26(31)21-13-16-29-25(18-21)30-24-9-5-6-10-28(24)34-29/h2-18,30H,19H2,1H3/b14-11+. The average molecular weight is 466 g/mol. The number of fused-ring (bicyclic) bond motifs is 2. The van der Waals surface area contributed by atoms with E-state index >= 15 is 0 Å². The van der Waals surface area contributed by atoms with Gasteiger partial charge in [-0.15, -0.1) is 0 Å². The Morgan fingerprint density at radius 1 is 0.882 bits per heavy atom. The first-order valence-electron chi connectivity index (χ1n) is 10.9. The molecule has 1 aliphatic heterocycles. The first-order valence-corrected chi connectivity index (χ1v) is 11.8.